The number of hydrogen-bond donors (Lipinski definition) is 4. The summed E-state index contributed by atoms with van der Waals surface area (Å²) in [5.74, 6) is 0.593. The summed E-state index contributed by atoms with van der Waals surface area (Å²) in [6.45, 7) is 1.19. The molecule has 0 bridgehead atoms. The Kier molecular flexibility index (Phi) is 7.88. The van der Waals surface area contributed by atoms with E-state index < -0.39 is 30.6 Å². The molecule has 37 heavy (non-hydrogen) atoms. The lowest BCUT2D eigenvalue weighted by Gasteiger charge is -2.35. The van der Waals surface area contributed by atoms with Crippen molar-refractivity contribution in [3.05, 3.63) is 45.6 Å². The minimum absolute atomic E-state index is 0.145. The van der Waals surface area contributed by atoms with Gasteiger partial charge in [0.1, 0.15) is 18.3 Å². The molecule has 0 saturated carbocycles. The Morgan fingerprint density at radius 3 is 2.38 bits per heavy atom. The second kappa shape index (κ2) is 10.9. The summed E-state index contributed by atoms with van der Waals surface area (Å²) in [6, 6.07) is 6.01. The summed E-state index contributed by atoms with van der Waals surface area (Å²) in [5.41, 5.74) is 2.32. The molecule has 1 aliphatic heterocycles. The van der Waals surface area contributed by atoms with E-state index in [0.717, 1.165) is 5.56 Å². The van der Waals surface area contributed by atoms with Crippen molar-refractivity contribution in [1.29, 1.82) is 0 Å². The summed E-state index contributed by atoms with van der Waals surface area (Å²) >= 11 is 0. The van der Waals surface area contributed by atoms with Crippen LogP contribution in [0.3, 0.4) is 0 Å². The number of aryl methyl sites for hydroxylation is 1. The van der Waals surface area contributed by atoms with Crippen LogP contribution >= 0.6 is 0 Å². The van der Waals surface area contributed by atoms with Crippen LogP contribution in [-0.4, -0.2) is 73.8 Å². The highest BCUT2D eigenvalue weighted by molar-refractivity contribution is 5.83. The predicted molar refractivity (Wildman–Crippen MR) is 131 cm³/mol. The van der Waals surface area contributed by atoms with Crippen molar-refractivity contribution in [3.8, 4) is 34.1 Å². The summed E-state index contributed by atoms with van der Waals surface area (Å²) in [5, 5.41) is 33.1. The molecule has 4 rings (SSSR count). The van der Waals surface area contributed by atoms with Crippen LogP contribution in [-0.2, 0) is 16.0 Å². The van der Waals surface area contributed by atoms with Gasteiger partial charge in [0.2, 0.25) is 23.4 Å². The molecular weight excluding hydrogens is 486 g/mol. The highest BCUT2D eigenvalue weighted by Crippen LogP contribution is 2.50. The quantitative estimate of drug-likeness (QED) is 0.430. The van der Waals surface area contributed by atoms with Gasteiger partial charge in [0, 0.05) is 12.5 Å². The van der Waals surface area contributed by atoms with E-state index in [1.165, 1.54) is 34.3 Å². The Balaban J connectivity index is 1.90. The molecule has 4 N–H and O–H groups in total. The van der Waals surface area contributed by atoms with Crippen molar-refractivity contribution in [2.24, 2.45) is 0 Å². The molecule has 1 amide bonds. The number of amides is 1. The average Bonchev–Trinajstić information content (AvgIpc) is 3.11. The number of carbonyl (C=O) groups excluding carboxylic acids is 1. The molecule has 1 saturated heterocycles. The molecule has 0 radical (unpaired) electrons. The van der Waals surface area contributed by atoms with Crippen LogP contribution in [0, 0.1) is 0 Å². The van der Waals surface area contributed by atoms with Crippen LogP contribution in [0.5, 0.6) is 23.0 Å². The molecule has 200 valence electrons. The highest BCUT2D eigenvalue weighted by atomic mass is 16.7. The Hall–Kier alpha value is -3.38. The smallest absolute Gasteiger partial charge is 0.229 e. The number of ether oxygens (including phenoxy) is 5. The summed E-state index contributed by atoms with van der Waals surface area (Å²) in [7, 11) is 4.30. The number of carbonyl (C=O) groups is 1. The molecular formula is C26H31NO10. The number of aliphatic hydroxyl groups excluding tert-OH is 3. The molecule has 2 aliphatic rings. The Morgan fingerprint density at radius 1 is 1.00 bits per heavy atom. The maximum Gasteiger partial charge on any atom is 0.229 e. The standard InChI is InChI=1S/C26H31NO10/c1-12(28)27-16-7-5-13-9-20(37-26-23(32)22(31)18(30)11-36-26)24(34-3)25(35-4)21(13)14-6-8-19(33-2)17(29)10-15(14)16/h6,8-10,16,18,22-23,26,30-32H,5,7,11H2,1-4H3,(H,27,28)/t16-,18+,22-,23+,26?/m0/s1. The van der Waals surface area contributed by atoms with Crippen molar-refractivity contribution in [3.63, 3.8) is 0 Å². The third-order valence-corrected chi connectivity index (χ3v) is 6.58. The van der Waals surface area contributed by atoms with Crippen molar-refractivity contribution < 1.29 is 43.8 Å². The second-order valence-corrected chi connectivity index (χ2v) is 8.91. The first-order valence-corrected chi connectivity index (χ1v) is 11.8. The predicted octanol–water partition coefficient (Wildman–Crippen LogP) is 0.681. The maximum atomic E-state index is 12.8. The SMILES string of the molecule is COc1c(OC2OC[C@@H](O)[C@H](O)[C@H]2O)cc2c(c1OC)-c1ccc(OC)c(=O)cc1[C@@H](NC(C)=O)CC2. The van der Waals surface area contributed by atoms with Crippen LogP contribution in [0.4, 0.5) is 0 Å². The van der Waals surface area contributed by atoms with E-state index >= 15 is 0 Å². The lowest BCUT2D eigenvalue weighted by atomic mass is 9.95. The number of aliphatic hydroxyl groups is 3. The van der Waals surface area contributed by atoms with Crippen LogP contribution in [0.1, 0.15) is 30.5 Å². The van der Waals surface area contributed by atoms with E-state index in [1.807, 2.05) is 0 Å². The van der Waals surface area contributed by atoms with E-state index in [-0.39, 0.29) is 35.2 Å². The summed E-state index contributed by atoms with van der Waals surface area (Å²) in [6.07, 6.45) is -4.54. The molecule has 0 spiro atoms. The van der Waals surface area contributed by atoms with E-state index in [0.29, 0.717) is 35.3 Å². The van der Waals surface area contributed by atoms with Crippen LogP contribution in [0.25, 0.3) is 11.1 Å². The zero-order valence-corrected chi connectivity index (χ0v) is 21.0. The van der Waals surface area contributed by atoms with Gasteiger partial charge in [-0.3, -0.25) is 9.59 Å². The number of rotatable bonds is 6. The fourth-order valence-electron chi connectivity index (χ4n) is 4.81. The minimum atomic E-state index is -1.51. The van der Waals surface area contributed by atoms with Crippen LogP contribution in [0.15, 0.2) is 29.1 Å². The lowest BCUT2D eigenvalue weighted by molar-refractivity contribution is -0.242. The van der Waals surface area contributed by atoms with Crippen molar-refractivity contribution in [1.82, 2.24) is 5.32 Å². The van der Waals surface area contributed by atoms with E-state index in [1.54, 1.807) is 18.2 Å². The molecule has 1 heterocycles. The Morgan fingerprint density at radius 2 is 1.73 bits per heavy atom. The second-order valence-electron chi connectivity index (χ2n) is 8.91. The lowest BCUT2D eigenvalue weighted by Crippen LogP contribution is -2.54. The summed E-state index contributed by atoms with van der Waals surface area (Å²) in [4.78, 5) is 24.8. The largest absolute Gasteiger partial charge is 0.493 e. The van der Waals surface area contributed by atoms with Crippen molar-refractivity contribution in [2.45, 2.75) is 50.4 Å². The van der Waals surface area contributed by atoms with Gasteiger partial charge < -0.3 is 44.3 Å². The molecule has 1 unspecified atom stereocenters. The maximum absolute atomic E-state index is 12.8. The fraction of sp³-hybridized carbons (Fsp3) is 0.462. The number of benzene rings is 1. The molecule has 5 atom stereocenters. The molecule has 0 aromatic heterocycles. The van der Waals surface area contributed by atoms with Gasteiger partial charge in [-0.1, -0.05) is 6.07 Å². The van der Waals surface area contributed by atoms with Gasteiger partial charge in [0.25, 0.3) is 0 Å². The third-order valence-electron chi connectivity index (χ3n) is 6.58. The number of hydrogen-bond acceptors (Lipinski definition) is 10. The average molecular weight is 518 g/mol. The zero-order valence-electron chi connectivity index (χ0n) is 21.0. The highest BCUT2D eigenvalue weighted by Gasteiger charge is 2.40. The van der Waals surface area contributed by atoms with E-state index in [9.17, 15) is 24.9 Å². The molecule has 2 aromatic carbocycles. The Bertz CT molecular complexity index is 1230. The molecule has 1 fully saturated rings. The van der Waals surface area contributed by atoms with Crippen LogP contribution in [0.2, 0.25) is 0 Å². The topological polar surface area (TPSA) is 153 Å². The number of fused-ring (bicyclic) bond motifs is 3. The summed E-state index contributed by atoms with van der Waals surface area (Å²) < 4.78 is 28.0. The van der Waals surface area contributed by atoms with Gasteiger partial charge in [-0.25, -0.2) is 0 Å². The third kappa shape index (κ3) is 5.08. The van der Waals surface area contributed by atoms with Gasteiger partial charge in [0.15, 0.2) is 17.2 Å². The molecule has 2 aromatic rings. The van der Waals surface area contributed by atoms with E-state index in [2.05, 4.69) is 5.32 Å². The zero-order chi connectivity index (χ0) is 26.9. The van der Waals surface area contributed by atoms with E-state index in [4.69, 9.17) is 23.7 Å². The molecule has 11 nitrogen and oxygen atoms in total. The van der Waals surface area contributed by atoms with Gasteiger partial charge in [-0.2, -0.15) is 0 Å². The Labute approximate surface area is 213 Å². The first-order chi connectivity index (χ1) is 17.7. The van der Waals surface area contributed by atoms with Crippen molar-refractivity contribution >= 4 is 5.91 Å². The van der Waals surface area contributed by atoms with Gasteiger partial charge >= 0.3 is 0 Å². The van der Waals surface area contributed by atoms with Crippen LogP contribution < -0.4 is 29.7 Å². The first-order valence-electron chi connectivity index (χ1n) is 11.8. The monoisotopic (exact) mass is 517 g/mol. The fourth-order valence-corrected chi connectivity index (χ4v) is 4.81. The number of methoxy groups -OCH3 is 3. The van der Waals surface area contributed by atoms with Crippen molar-refractivity contribution in [2.75, 3.05) is 27.9 Å². The normalized spacial score (nSPS) is 24.7. The number of nitrogens with one attached hydrogen (secondary N) is 1. The van der Waals surface area contributed by atoms with Gasteiger partial charge in [-0.05, 0) is 47.7 Å². The first kappa shape index (κ1) is 26.7. The minimum Gasteiger partial charge on any atom is -0.493 e. The molecule has 1 aliphatic carbocycles. The van der Waals surface area contributed by atoms with Gasteiger partial charge in [-0.15, -0.1) is 0 Å². The van der Waals surface area contributed by atoms with Gasteiger partial charge in [0.05, 0.1) is 34.0 Å². The molecule has 11 heteroatoms.